The van der Waals surface area contributed by atoms with E-state index in [2.05, 4.69) is 26.6 Å². The highest BCUT2D eigenvalue weighted by Gasteiger charge is 2.17. The maximum Gasteiger partial charge on any atom is 0.244 e. The highest BCUT2D eigenvalue weighted by atomic mass is 79.9. The molecule has 1 heterocycles. The molecule has 126 valence electrons. The molecule has 2 rings (SSSR count). The topological polar surface area (TPSA) is 61.4 Å². The molecule has 5 nitrogen and oxygen atoms in total. The number of amides is 2. The summed E-state index contributed by atoms with van der Waals surface area (Å²) in [6.07, 6.45) is 3.71. The second kappa shape index (κ2) is 9.03. The number of hydrogen-bond acceptors (Lipinski definition) is 3. The summed E-state index contributed by atoms with van der Waals surface area (Å²) in [5, 5.41) is 6.14. The first kappa shape index (κ1) is 17.9. The van der Waals surface area contributed by atoms with E-state index in [-0.39, 0.29) is 18.4 Å². The van der Waals surface area contributed by atoms with Crippen LogP contribution in [0.1, 0.15) is 25.7 Å². The van der Waals surface area contributed by atoms with Crippen LogP contribution in [0.2, 0.25) is 0 Å². The van der Waals surface area contributed by atoms with Gasteiger partial charge in [-0.15, -0.1) is 0 Å². The lowest BCUT2D eigenvalue weighted by Crippen LogP contribution is -2.35. The molecule has 1 aromatic rings. The Morgan fingerprint density at radius 1 is 1.30 bits per heavy atom. The fourth-order valence-corrected chi connectivity index (χ4v) is 3.13. The van der Waals surface area contributed by atoms with Crippen molar-refractivity contribution in [3.63, 3.8) is 0 Å². The van der Waals surface area contributed by atoms with Crippen LogP contribution >= 0.6 is 15.9 Å². The lowest BCUT2D eigenvalue weighted by Gasteiger charge is -2.23. The molecule has 0 radical (unpaired) electrons. The van der Waals surface area contributed by atoms with Crippen LogP contribution in [0.5, 0.6) is 0 Å². The maximum absolute atomic E-state index is 12.2. The Morgan fingerprint density at radius 2 is 2.00 bits per heavy atom. The van der Waals surface area contributed by atoms with Gasteiger partial charge in [-0.05, 0) is 66.3 Å². The lowest BCUT2D eigenvalue weighted by molar-refractivity contribution is -0.133. The average Bonchev–Trinajstić information content (AvgIpc) is 2.55. The monoisotopic (exact) mass is 381 g/mol. The van der Waals surface area contributed by atoms with E-state index in [0.29, 0.717) is 18.0 Å². The Balaban J connectivity index is 1.74. The van der Waals surface area contributed by atoms with Crippen molar-refractivity contribution in [2.24, 2.45) is 5.92 Å². The van der Waals surface area contributed by atoms with Gasteiger partial charge >= 0.3 is 0 Å². The van der Waals surface area contributed by atoms with Crippen molar-refractivity contribution in [1.82, 2.24) is 10.2 Å². The van der Waals surface area contributed by atoms with E-state index in [9.17, 15) is 9.59 Å². The van der Waals surface area contributed by atoms with Gasteiger partial charge in [-0.3, -0.25) is 9.59 Å². The minimum absolute atomic E-state index is 0.0332. The van der Waals surface area contributed by atoms with Gasteiger partial charge in [-0.2, -0.15) is 0 Å². The van der Waals surface area contributed by atoms with Gasteiger partial charge in [0.05, 0.1) is 12.2 Å². The molecule has 0 bridgehead atoms. The van der Waals surface area contributed by atoms with E-state index in [1.165, 1.54) is 4.90 Å². The Bertz CT molecular complexity index is 544. The first-order valence-electron chi connectivity index (χ1n) is 8.05. The van der Waals surface area contributed by atoms with Crippen LogP contribution in [-0.2, 0) is 9.59 Å². The zero-order chi connectivity index (χ0) is 16.7. The summed E-state index contributed by atoms with van der Waals surface area (Å²) >= 11 is 3.39. The SMILES string of the molecule is CN(CC(=O)Nc1ccccc1Br)C(=O)CCC1CCNCC1. The number of benzene rings is 1. The number of nitrogens with one attached hydrogen (secondary N) is 2. The molecule has 0 aromatic heterocycles. The van der Waals surface area contributed by atoms with Crippen molar-refractivity contribution in [1.29, 1.82) is 0 Å². The summed E-state index contributed by atoms with van der Waals surface area (Å²) in [5.74, 6) is 0.475. The predicted octanol–water partition coefficient (Wildman–Crippen LogP) is 2.63. The zero-order valence-corrected chi connectivity index (χ0v) is 15.1. The van der Waals surface area contributed by atoms with Crippen molar-refractivity contribution >= 4 is 33.4 Å². The van der Waals surface area contributed by atoms with Crippen molar-refractivity contribution in [2.75, 3.05) is 32.0 Å². The average molecular weight is 382 g/mol. The number of piperidine rings is 1. The highest BCUT2D eigenvalue weighted by Crippen LogP contribution is 2.21. The summed E-state index contributed by atoms with van der Waals surface area (Å²) < 4.78 is 0.827. The molecule has 1 aliphatic heterocycles. The summed E-state index contributed by atoms with van der Waals surface area (Å²) in [5.41, 5.74) is 0.716. The van der Waals surface area contributed by atoms with E-state index < -0.39 is 0 Å². The summed E-state index contributed by atoms with van der Waals surface area (Å²) in [6, 6.07) is 7.43. The molecule has 2 N–H and O–H groups in total. The van der Waals surface area contributed by atoms with E-state index in [1.807, 2.05) is 24.3 Å². The molecule has 0 aliphatic carbocycles. The predicted molar refractivity (Wildman–Crippen MR) is 95.2 cm³/mol. The largest absolute Gasteiger partial charge is 0.336 e. The molecule has 6 heteroatoms. The number of nitrogens with zero attached hydrogens (tertiary/aromatic N) is 1. The fraction of sp³-hybridized carbons (Fsp3) is 0.529. The molecule has 0 unspecified atom stereocenters. The van der Waals surface area contributed by atoms with Gasteiger partial charge in [-0.25, -0.2) is 0 Å². The van der Waals surface area contributed by atoms with Crippen LogP contribution in [0.25, 0.3) is 0 Å². The molecule has 23 heavy (non-hydrogen) atoms. The van der Waals surface area contributed by atoms with Gasteiger partial charge < -0.3 is 15.5 Å². The number of anilines is 1. The molecule has 0 spiro atoms. The maximum atomic E-state index is 12.2. The summed E-state index contributed by atoms with van der Waals surface area (Å²) in [7, 11) is 1.68. The Hall–Kier alpha value is -1.40. The number of hydrogen-bond donors (Lipinski definition) is 2. The van der Waals surface area contributed by atoms with Crippen LogP contribution in [-0.4, -0.2) is 43.4 Å². The van der Waals surface area contributed by atoms with E-state index >= 15 is 0 Å². The standard InChI is InChI=1S/C17H24BrN3O2/c1-21(17(23)7-6-13-8-10-19-11-9-13)12-16(22)20-15-5-3-2-4-14(15)18/h2-5,13,19H,6-12H2,1H3,(H,20,22). The normalized spacial score (nSPS) is 15.2. The van der Waals surface area contributed by atoms with Crippen LogP contribution in [0.15, 0.2) is 28.7 Å². The van der Waals surface area contributed by atoms with Gasteiger partial charge in [-0.1, -0.05) is 12.1 Å². The summed E-state index contributed by atoms with van der Waals surface area (Å²) in [4.78, 5) is 25.7. The van der Waals surface area contributed by atoms with Crippen LogP contribution in [0, 0.1) is 5.92 Å². The van der Waals surface area contributed by atoms with Gasteiger partial charge in [0.15, 0.2) is 0 Å². The van der Waals surface area contributed by atoms with Crippen LogP contribution in [0.3, 0.4) is 0 Å². The van der Waals surface area contributed by atoms with E-state index in [4.69, 9.17) is 0 Å². The molecule has 2 amide bonds. The van der Waals surface area contributed by atoms with E-state index in [0.717, 1.165) is 36.8 Å². The van der Waals surface area contributed by atoms with Gasteiger partial charge in [0.25, 0.3) is 0 Å². The zero-order valence-electron chi connectivity index (χ0n) is 13.5. The van der Waals surface area contributed by atoms with Crippen LogP contribution in [0.4, 0.5) is 5.69 Å². The molecule has 0 saturated carbocycles. The summed E-state index contributed by atoms with van der Waals surface area (Å²) in [6.45, 7) is 2.17. The Kier molecular flexibility index (Phi) is 7.05. The minimum Gasteiger partial charge on any atom is -0.336 e. The number of halogens is 1. The van der Waals surface area contributed by atoms with E-state index in [1.54, 1.807) is 7.05 Å². The van der Waals surface area contributed by atoms with Gasteiger partial charge in [0.1, 0.15) is 0 Å². The number of carbonyl (C=O) groups excluding carboxylic acids is 2. The third kappa shape index (κ3) is 5.95. The lowest BCUT2D eigenvalue weighted by atomic mass is 9.93. The van der Waals surface area contributed by atoms with Crippen molar-refractivity contribution in [3.05, 3.63) is 28.7 Å². The number of likely N-dealkylation sites (N-methyl/N-ethyl adjacent to an activating group) is 1. The Labute approximate surface area is 145 Å². The number of para-hydroxylation sites is 1. The molecular weight excluding hydrogens is 358 g/mol. The molecule has 0 atom stereocenters. The van der Waals surface area contributed by atoms with Crippen molar-refractivity contribution in [3.8, 4) is 0 Å². The quantitative estimate of drug-likeness (QED) is 0.795. The van der Waals surface area contributed by atoms with Gasteiger partial charge in [0, 0.05) is 17.9 Å². The van der Waals surface area contributed by atoms with Crippen LogP contribution < -0.4 is 10.6 Å². The minimum atomic E-state index is -0.186. The smallest absolute Gasteiger partial charge is 0.244 e. The van der Waals surface area contributed by atoms with Crippen molar-refractivity contribution in [2.45, 2.75) is 25.7 Å². The number of carbonyl (C=O) groups is 2. The second-order valence-corrected chi connectivity index (χ2v) is 6.86. The molecule has 1 fully saturated rings. The highest BCUT2D eigenvalue weighted by molar-refractivity contribution is 9.10. The first-order chi connectivity index (χ1) is 11.1. The molecule has 1 saturated heterocycles. The third-order valence-corrected chi connectivity index (χ3v) is 4.87. The second-order valence-electron chi connectivity index (χ2n) is 6.01. The van der Waals surface area contributed by atoms with Crippen molar-refractivity contribution < 1.29 is 9.59 Å². The molecule has 1 aliphatic rings. The fourth-order valence-electron chi connectivity index (χ4n) is 2.74. The molecular formula is C17H24BrN3O2. The first-order valence-corrected chi connectivity index (χ1v) is 8.84. The third-order valence-electron chi connectivity index (χ3n) is 4.18. The molecule has 1 aromatic carbocycles. The van der Waals surface area contributed by atoms with Gasteiger partial charge in [0.2, 0.25) is 11.8 Å². The number of rotatable bonds is 6. The Morgan fingerprint density at radius 3 is 2.70 bits per heavy atom.